The van der Waals surface area contributed by atoms with E-state index in [1.807, 2.05) is 12.1 Å². The lowest BCUT2D eigenvalue weighted by molar-refractivity contribution is -0.136. The molecule has 0 aliphatic heterocycles. The summed E-state index contributed by atoms with van der Waals surface area (Å²) < 4.78 is 0. The maximum absolute atomic E-state index is 11.2. The van der Waals surface area contributed by atoms with Gasteiger partial charge in [0, 0.05) is 23.4 Å². The molecule has 0 bridgehead atoms. The van der Waals surface area contributed by atoms with E-state index in [4.69, 9.17) is 0 Å². The third kappa shape index (κ3) is 6.50. The van der Waals surface area contributed by atoms with Crippen LogP contribution in [0.4, 0.5) is 0 Å². The van der Waals surface area contributed by atoms with E-state index in [1.54, 1.807) is 12.4 Å². The summed E-state index contributed by atoms with van der Waals surface area (Å²) in [5, 5.41) is 20.3. The highest BCUT2D eigenvalue weighted by Crippen LogP contribution is 2.41. The molecule has 0 atom stereocenters. The fraction of sp³-hybridized carbons (Fsp3) is 0.429. The fourth-order valence-electron chi connectivity index (χ4n) is 6.34. The average Bonchev–Trinajstić information content (AvgIpc) is 3.14. The lowest BCUT2D eigenvalue weighted by Crippen LogP contribution is -2.26. The van der Waals surface area contributed by atoms with Gasteiger partial charge in [0.05, 0.1) is 12.0 Å². The molecule has 0 radical (unpaired) electrons. The van der Waals surface area contributed by atoms with Crippen molar-refractivity contribution < 1.29 is 15.0 Å². The Morgan fingerprint density at radius 2 is 1.56 bits per heavy atom. The number of carboxylic acid groups (broad SMARTS) is 1. The molecule has 3 aromatic rings. The summed E-state index contributed by atoms with van der Waals surface area (Å²) in [5.74, 6) is -0.853. The van der Waals surface area contributed by atoms with Crippen molar-refractivity contribution in [2.45, 2.75) is 96.5 Å². The van der Waals surface area contributed by atoms with Crippen molar-refractivity contribution in [3.63, 3.8) is 0 Å². The van der Waals surface area contributed by atoms with Gasteiger partial charge in [0.15, 0.2) is 0 Å². The van der Waals surface area contributed by atoms with Gasteiger partial charge in [-0.2, -0.15) is 0 Å². The lowest BCUT2D eigenvalue weighted by atomic mass is 9.69. The maximum atomic E-state index is 11.2. The van der Waals surface area contributed by atoms with Crippen LogP contribution < -0.4 is 0 Å². The molecule has 39 heavy (non-hydrogen) atoms. The van der Waals surface area contributed by atoms with Gasteiger partial charge in [-0.25, -0.2) is 0 Å². The standard InChI is InChI=1S/C35H43NO3/c1-5-35(6-2,30-12-11-28(25(3)19-30)15-18-34(39)16-9-7-8-10-17-34)31-13-14-32(26(4)20-31)29-21-27(22-33(37)38)23-36-24-29/h11-15,18-21,23-24,39H,5-10,16-17,22H2,1-4H3,(H,37,38). The number of hydrogen-bond acceptors (Lipinski definition) is 3. The van der Waals surface area contributed by atoms with Crippen LogP contribution in [0.5, 0.6) is 0 Å². The van der Waals surface area contributed by atoms with Gasteiger partial charge in [-0.3, -0.25) is 9.78 Å². The van der Waals surface area contributed by atoms with Crippen LogP contribution in [0.1, 0.15) is 98.6 Å². The first-order valence-electron chi connectivity index (χ1n) is 14.5. The highest BCUT2D eigenvalue weighted by atomic mass is 16.4. The zero-order valence-corrected chi connectivity index (χ0v) is 24.0. The molecule has 1 aliphatic carbocycles. The molecule has 206 valence electrons. The Balaban J connectivity index is 1.64. The van der Waals surface area contributed by atoms with Gasteiger partial charge in [0.1, 0.15) is 0 Å². The first-order chi connectivity index (χ1) is 18.7. The average molecular weight is 526 g/mol. The summed E-state index contributed by atoms with van der Waals surface area (Å²) in [6, 6.07) is 15.4. The van der Waals surface area contributed by atoms with Crippen molar-refractivity contribution in [3.05, 3.63) is 94.3 Å². The van der Waals surface area contributed by atoms with Crippen molar-refractivity contribution in [1.82, 2.24) is 4.98 Å². The van der Waals surface area contributed by atoms with Crippen LogP contribution in [0.2, 0.25) is 0 Å². The number of hydrogen-bond donors (Lipinski definition) is 2. The largest absolute Gasteiger partial charge is 0.481 e. The van der Waals surface area contributed by atoms with E-state index >= 15 is 0 Å². The first kappa shape index (κ1) is 28.8. The molecule has 1 fully saturated rings. The molecule has 2 N–H and O–H groups in total. The minimum Gasteiger partial charge on any atom is -0.481 e. The first-order valence-corrected chi connectivity index (χ1v) is 14.5. The van der Waals surface area contributed by atoms with Crippen molar-refractivity contribution >= 4 is 12.0 Å². The Bertz CT molecular complexity index is 1330. The van der Waals surface area contributed by atoms with Crippen LogP contribution in [-0.4, -0.2) is 26.8 Å². The Kier molecular flexibility index (Phi) is 9.07. The second kappa shape index (κ2) is 12.3. The molecule has 2 aromatic carbocycles. The van der Waals surface area contributed by atoms with Crippen LogP contribution >= 0.6 is 0 Å². The molecule has 1 heterocycles. The van der Waals surface area contributed by atoms with E-state index in [1.165, 1.54) is 29.5 Å². The van der Waals surface area contributed by atoms with E-state index in [9.17, 15) is 15.0 Å². The minimum atomic E-state index is -0.853. The maximum Gasteiger partial charge on any atom is 0.307 e. The quantitative estimate of drug-likeness (QED) is 0.276. The Hall–Kier alpha value is -3.24. The van der Waals surface area contributed by atoms with Crippen molar-refractivity contribution in [1.29, 1.82) is 0 Å². The molecular weight excluding hydrogens is 482 g/mol. The smallest absolute Gasteiger partial charge is 0.307 e. The van der Waals surface area contributed by atoms with Gasteiger partial charge in [0.2, 0.25) is 0 Å². The van der Waals surface area contributed by atoms with E-state index in [0.29, 0.717) is 5.56 Å². The SMILES string of the molecule is CCC(CC)(c1ccc(C=CC2(O)CCCCCC2)c(C)c1)c1ccc(-c2cncc(CC(=O)O)c2)c(C)c1. The normalized spacial score (nSPS) is 15.8. The number of aromatic nitrogens is 1. The highest BCUT2D eigenvalue weighted by molar-refractivity contribution is 5.73. The Labute approximate surface area is 233 Å². The van der Waals surface area contributed by atoms with Crippen LogP contribution in [-0.2, 0) is 16.6 Å². The van der Waals surface area contributed by atoms with Crippen LogP contribution in [0.15, 0.2) is 60.9 Å². The topological polar surface area (TPSA) is 70.4 Å². The van der Waals surface area contributed by atoms with E-state index in [0.717, 1.165) is 60.8 Å². The van der Waals surface area contributed by atoms with E-state index < -0.39 is 11.6 Å². The van der Waals surface area contributed by atoms with Gasteiger partial charge in [-0.15, -0.1) is 0 Å². The van der Waals surface area contributed by atoms with E-state index in [-0.39, 0.29) is 11.8 Å². The van der Waals surface area contributed by atoms with Crippen LogP contribution in [0.25, 0.3) is 17.2 Å². The van der Waals surface area contributed by atoms with E-state index in [2.05, 4.69) is 75.2 Å². The number of aryl methyl sites for hydroxylation is 2. The number of carbonyl (C=O) groups is 1. The molecule has 4 heteroatoms. The molecule has 0 spiro atoms. The molecular formula is C35H43NO3. The summed E-state index contributed by atoms with van der Waals surface area (Å²) in [5.41, 5.74) is 8.08. The Morgan fingerprint density at radius 3 is 2.15 bits per heavy atom. The number of aliphatic carboxylic acids is 1. The highest BCUT2D eigenvalue weighted by Gasteiger charge is 2.31. The Morgan fingerprint density at radius 1 is 0.923 bits per heavy atom. The molecule has 4 rings (SSSR count). The number of aliphatic hydroxyl groups is 1. The van der Waals surface area contributed by atoms with Gasteiger partial charge in [0.25, 0.3) is 0 Å². The molecule has 1 aliphatic rings. The van der Waals surface area contributed by atoms with Crippen molar-refractivity contribution in [2.75, 3.05) is 0 Å². The van der Waals surface area contributed by atoms with Gasteiger partial charge in [-0.1, -0.05) is 88.1 Å². The zero-order chi connectivity index (χ0) is 28.0. The van der Waals surface area contributed by atoms with Crippen molar-refractivity contribution in [2.24, 2.45) is 0 Å². The molecule has 0 unspecified atom stereocenters. The second-order valence-electron chi connectivity index (χ2n) is 11.4. The molecule has 4 nitrogen and oxygen atoms in total. The number of nitrogens with zero attached hydrogens (tertiary/aromatic N) is 1. The fourth-order valence-corrected chi connectivity index (χ4v) is 6.34. The second-order valence-corrected chi connectivity index (χ2v) is 11.4. The molecule has 1 aromatic heterocycles. The number of carboxylic acids is 1. The third-order valence-corrected chi connectivity index (χ3v) is 8.81. The number of pyridine rings is 1. The molecule has 0 saturated heterocycles. The summed E-state index contributed by atoms with van der Waals surface area (Å²) in [6.07, 6.45) is 15.8. The summed E-state index contributed by atoms with van der Waals surface area (Å²) in [4.78, 5) is 15.5. The summed E-state index contributed by atoms with van der Waals surface area (Å²) in [6.45, 7) is 8.81. The monoisotopic (exact) mass is 525 g/mol. The number of benzene rings is 2. The number of rotatable bonds is 9. The van der Waals surface area contributed by atoms with Gasteiger partial charge >= 0.3 is 5.97 Å². The van der Waals surface area contributed by atoms with Crippen LogP contribution in [0.3, 0.4) is 0 Å². The summed E-state index contributed by atoms with van der Waals surface area (Å²) in [7, 11) is 0. The van der Waals surface area contributed by atoms with Gasteiger partial charge in [-0.05, 0) is 84.5 Å². The molecule has 1 saturated carbocycles. The van der Waals surface area contributed by atoms with Crippen molar-refractivity contribution in [3.8, 4) is 11.1 Å². The van der Waals surface area contributed by atoms with Crippen LogP contribution in [0, 0.1) is 13.8 Å². The third-order valence-electron chi connectivity index (χ3n) is 8.81. The molecule has 0 amide bonds. The summed E-state index contributed by atoms with van der Waals surface area (Å²) >= 11 is 0. The predicted octanol–water partition coefficient (Wildman–Crippen LogP) is 8.20. The lowest BCUT2D eigenvalue weighted by Gasteiger charge is -2.34. The van der Waals surface area contributed by atoms with Gasteiger partial charge < -0.3 is 10.2 Å². The minimum absolute atomic E-state index is 0.0312. The zero-order valence-electron chi connectivity index (χ0n) is 24.0. The predicted molar refractivity (Wildman–Crippen MR) is 160 cm³/mol.